The summed E-state index contributed by atoms with van der Waals surface area (Å²) in [7, 11) is -5.54. The van der Waals surface area contributed by atoms with Crippen LogP contribution in [0.1, 0.15) is 26.3 Å². The second-order valence-corrected chi connectivity index (χ2v) is 7.22. The van der Waals surface area contributed by atoms with Crippen LogP contribution in [-0.2, 0) is 14.9 Å². The Morgan fingerprint density at radius 2 is 2.00 bits per heavy atom. The van der Waals surface area contributed by atoms with Crippen molar-refractivity contribution in [1.29, 1.82) is 0 Å². The van der Waals surface area contributed by atoms with Gasteiger partial charge in [0.1, 0.15) is 6.61 Å². The van der Waals surface area contributed by atoms with E-state index in [9.17, 15) is 21.6 Å². The summed E-state index contributed by atoms with van der Waals surface area (Å²) in [5.74, 6) is 0.203. The molecule has 1 rings (SSSR count). The van der Waals surface area contributed by atoms with Crippen molar-refractivity contribution in [2.75, 3.05) is 11.3 Å². The van der Waals surface area contributed by atoms with Gasteiger partial charge in [-0.3, -0.25) is 4.72 Å². The molecule has 130 valence electrons. The highest BCUT2D eigenvalue weighted by Crippen LogP contribution is 2.28. The minimum Gasteiger partial charge on any atom is -0.395 e. The van der Waals surface area contributed by atoms with Crippen molar-refractivity contribution in [3.8, 4) is 0 Å². The summed E-state index contributed by atoms with van der Waals surface area (Å²) in [6.07, 6.45) is 0. The van der Waals surface area contributed by atoms with E-state index >= 15 is 0 Å². The molecule has 1 N–H and O–H groups in total. The number of sulfonamides is 1. The van der Waals surface area contributed by atoms with E-state index < -0.39 is 15.5 Å². The number of nitrogens with zero attached hydrogens (tertiary/aromatic N) is 1. The molecule has 0 saturated carbocycles. The molecule has 0 saturated heterocycles. The average Bonchev–Trinajstić information content (AvgIpc) is 2.38. The van der Waals surface area contributed by atoms with Gasteiger partial charge in [-0.1, -0.05) is 30.6 Å². The summed E-state index contributed by atoms with van der Waals surface area (Å²) < 4.78 is 61.4. The molecule has 0 spiro atoms. The smallest absolute Gasteiger partial charge is 0.395 e. The topological polar surface area (TPSA) is 67.8 Å². The highest BCUT2D eigenvalue weighted by atomic mass is 35.5. The molecule has 0 aliphatic heterocycles. The van der Waals surface area contributed by atoms with Gasteiger partial charge in [0.25, 0.3) is 0 Å². The predicted molar refractivity (Wildman–Crippen MR) is 83.1 cm³/mol. The number of anilines is 1. The Kier molecular flexibility index (Phi) is 6.29. The molecule has 0 fully saturated rings. The van der Waals surface area contributed by atoms with Gasteiger partial charge in [-0.25, -0.2) is 0 Å². The number of alkyl halides is 3. The van der Waals surface area contributed by atoms with Crippen molar-refractivity contribution in [2.24, 2.45) is 11.1 Å². The molecule has 1 aromatic rings. The molecule has 0 atom stereocenters. The third-order valence-electron chi connectivity index (χ3n) is 2.53. The SMILES string of the molecule is CC(=NOCC(C)C)c1cc(Cl)ccc1NS(=O)(=O)C(F)(F)F. The number of halogens is 4. The van der Waals surface area contributed by atoms with Crippen molar-refractivity contribution in [2.45, 2.75) is 26.3 Å². The van der Waals surface area contributed by atoms with Crippen molar-refractivity contribution >= 4 is 33.0 Å². The van der Waals surface area contributed by atoms with Gasteiger partial charge >= 0.3 is 15.5 Å². The quantitative estimate of drug-likeness (QED) is 0.606. The average molecular weight is 373 g/mol. The largest absolute Gasteiger partial charge is 0.516 e. The van der Waals surface area contributed by atoms with Crippen LogP contribution in [0.2, 0.25) is 5.02 Å². The zero-order chi connectivity index (χ0) is 17.8. The monoisotopic (exact) mass is 372 g/mol. The maximum absolute atomic E-state index is 12.5. The van der Waals surface area contributed by atoms with E-state index in [1.165, 1.54) is 23.8 Å². The van der Waals surface area contributed by atoms with Gasteiger partial charge < -0.3 is 4.84 Å². The van der Waals surface area contributed by atoms with Crippen LogP contribution in [0.5, 0.6) is 0 Å². The molecular formula is C13H16ClF3N2O3S. The lowest BCUT2D eigenvalue weighted by Gasteiger charge is -2.14. The lowest BCUT2D eigenvalue weighted by molar-refractivity contribution is -0.0429. The third-order valence-corrected chi connectivity index (χ3v) is 3.86. The Labute approximate surface area is 137 Å². The molecule has 0 amide bonds. The fraction of sp³-hybridized carbons (Fsp3) is 0.462. The minimum absolute atomic E-state index is 0.0917. The van der Waals surface area contributed by atoms with Crippen LogP contribution in [0.25, 0.3) is 0 Å². The molecule has 0 aliphatic rings. The zero-order valence-corrected chi connectivity index (χ0v) is 14.2. The molecule has 5 nitrogen and oxygen atoms in total. The van der Waals surface area contributed by atoms with E-state index in [0.29, 0.717) is 6.61 Å². The normalized spacial score (nSPS) is 13.3. The first kappa shape index (κ1) is 19.6. The summed E-state index contributed by atoms with van der Waals surface area (Å²) in [6, 6.07) is 3.69. The molecular weight excluding hydrogens is 357 g/mol. The fourth-order valence-electron chi connectivity index (χ4n) is 1.44. The molecule has 0 aliphatic carbocycles. The fourth-order valence-corrected chi connectivity index (χ4v) is 2.20. The van der Waals surface area contributed by atoms with Gasteiger partial charge in [-0.15, -0.1) is 0 Å². The lowest BCUT2D eigenvalue weighted by atomic mass is 10.1. The third kappa shape index (κ3) is 5.58. The van der Waals surface area contributed by atoms with Gasteiger partial charge in [0.15, 0.2) is 0 Å². The van der Waals surface area contributed by atoms with Crippen molar-refractivity contribution in [3.63, 3.8) is 0 Å². The van der Waals surface area contributed by atoms with E-state index in [1.54, 1.807) is 0 Å². The van der Waals surface area contributed by atoms with E-state index in [0.717, 1.165) is 6.07 Å². The van der Waals surface area contributed by atoms with Gasteiger partial charge in [-0.05, 0) is 31.0 Å². The first-order valence-corrected chi connectivity index (χ1v) is 8.35. The second-order valence-electron chi connectivity index (χ2n) is 5.11. The second kappa shape index (κ2) is 7.39. The Balaban J connectivity index is 3.16. The van der Waals surface area contributed by atoms with Crippen molar-refractivity contribution in [3.05, 3.63) is 28.8 Å². The molecule has 0 radical (unpaired) electrons. The molecule has 0 unspecified atom stereocenters. The predicted octanol–water partition coefficient (Wildman–Crippen LogP) is 4.00. The van der Waals surface area contributed by atoms with E-state index in [4.69, 9.17) is 16.4 Å². The number of benzene rings is 1. The Bertz CT molecular complexity index is 688. The first-order valence-electron chi connectivity index (χ1n) is 6.49. The van der Waals surface area contributed by atoms with Gasteiger partial charge in [0, 0.05) is 10.6 Å². The summed E-state index contributed by atoms with van der Waals surface area (Å²) in [6.45, 7) is 5.57. The maximum atomic E-state index is 12.5. The van der Waals surface area contributed by atoms with E-state index in [-0.39, 0.29) is 27.9 Å². The van der Waals surface area contributed by atoms with E-state index in [1.807, 2.05) is 13.8 Å². The number of oxime groups is 1. The summed E-state index contributed by atoms with van der Waals surface area (Å²) in [4.78, 5) is 5.05. The van der Waals surface area contributed by atoms with Crippen LogP contribution >= 0.6 is 11.6 Å². The summed E-state index contributed by atoms with van der Waals surface area (Å²) in [5.41, 5.74) is -5.44. The van der Waals surface area contributed by atoms with Crippen LogP contribution in [0.3, 0.4) is 0 Å². The molecule has 23 heavy (non-hydrogen) atoms. The van der Waals surface area contributed by atoms with Gasteiger partial charge in [0.2, 0.25) is 0 Å². The molecule has 0 heterocycles. The summed E-state index contributed by atoms with van der Waals surface area (Å²) in [5, 5.41) is 3.99. The Morgan fingerprint density at radius 3 is 2.52 bits per heavy atom. The highest BCUT2D eigenvalue weighted by molar-refractivity contribution is 7.93. The number of rotatable bonds is 6. The Hall–Kier alpha value is -1.48. The van der Waals surface area contributed by atoms with Crippen LogP contribution in [0.4, 0.5) is 18.9 Å². The van der Waals surface area contributed by atoms with E-state index in [2.05, 4.69) is 5.16 Å². The minimum atomic E-state index is -5.54. The first-order chi connectivity index (χ1) is 10.4. The number of hydrogen-bond acceptors (Lipinski definition) is 4. The number of hydrogen-bond donors (Lipinski definition) is 1. The standard InChI is InChI=1S/C13H16ClF3N2O3S/c1-8(2)7-22-18-9(3)11-6-10(14)4-5-12(11)19-23(20,21)13(15,16)17/h4-6,8,19H,7H2,1-3H3. The van der Waals surface area contributed by atoms with Crippen LogP contribution in [0.15, 0.2) is 23.4 Å². The summed E-state index contributed by atoms with van der Waals surface area (Å²) >= 11 is 5.81. The highest BCUT2D eigenvalue weighted by Gasteiger charge is 2.46. The van der Waals surface area contributed by atoms with Crippen LogP contribution in [-0.4, -0.2) is 26.2 Å². The Morgan fingerprint density at radius 1 is 1.39 bits per heavy atom. The van der Waals surface area contributed by atoms with Gasteiger partial charge in [-0.2, -0.15) is 21.6 Å². The molecule has 10 heteroatoms. The van der Waals surface area contributed by atoms with Crippen LogP contribution in [0, 0.1) is 5.92 Å². The van der Waals surface area contributed by atoms with Crippen molar-refractivity contribution in [1.82, 2.24) is 0 Å². The van der Waals surface area contributed by atoms with Gasteiger partial charge in [0.05, 0.1) is 11.4 Å². The number of nitrogens with one attached hydrogen (secondary N) is 1. The maximum Gasteiger partial charge on any atom is 0.516 e. The molecule has 1 aromatic carbocycles. The lowest BCUT2D eigenvalue weighted by Crippen LogP contribution is -2.30. The van der Waals surface area contributed by atoms with Crippen LogP contribution < -0.4 is 4.72 Å². The molecule has 0 bridgehead atoms. The molecule has 0 aromatic heterocycles. The van der Waals surface area contributed by atoms with Crippen molar-refractivity contribution < 1.29 is 26.4 Å². The zero-order valence-electron chi connectivity index (χ0n) is 12.6.